The predicted octanol–water partition coefficient (Wildman–Crippen LogP) is 3.46. The summed E-state index contributed by atoms with van der Waals surface area (Å²) in [4.78, 5) is 28.8. The van der Waals surface area contributed by atoms with Gasteiger partial charge in [-0.15, -0.1) is 11.3 Å². The molecule has 170 valence electrons. The Bertz CT molecular complexity index is 1250. The van der Waals surface area contributed by atoms with E-state index in [1.165, 1.54) is 17.4 Å². The molecule has 0 aliphatic rings. The summed E-state index contributed by atoms with van der Waals surface area (Å²) >= 11 is 1.23. The Morgan fingerprint density at radius 2 is 2.06 bits per heavy atom. The van der Waals surface area contributed by atoms with Gasteiger partial charge in [-0.25, -0.2) is 9.78 Å². The Morgan fingerprint density at radius 1 is 1.18 bits per heavy atom. The number of anilines is 1. The van der Waals surface area contributed by atoms with Crippen LogP contribution in [-0.4, -0.2) is 47.5 Å². The number of amides is 1. The Hall–Kier alpha value is -4.12. The number of nitrogens with one attached hydrogen (secondary N) is 1. The fourth-order valence-electron chi connectivity index (χ4n) is 2.95. The third-order valence-corrected chi connectivity index (χ3v) is 5.27. The number of carbonyl (C=O) groups excluding carboxylic acids is 2. The average molecular weight is 468 g/mol. The van der Waals surface area contributed by atoms with E-state index in [1.807, 2.05) is 0 Å². The molecule has 1 aromatic carbocycles. The van der Waals surface area contributed by atoms with E-state index in [-0.39, 0.29) is 5.76 Å². The third kappa shape index (κ3) is 5.39. The predicted molar refractivity (Wildman–Crippen MR) is 120 cm³/mol. The van der Waals surface area contributed by atoms with Crippen LogP contribution in [0.4, 0.5) is 5.13 Å². The molecule has 11 heteroatoms. The van der Waals surface area contributed by atoms with Crippen LogP contribution in [-0.2, 0) is 16.1 Å². The van der Waals surface area contributed by atoms with Crippen LogP contribution in [0.5, 0.6) is 11.5 Å². The summed E-state index contributed by atoms with van der Waals surface area (Å²) in [5, 5.41) is 8.83. The van der Waals surface area contributed by atoms with Gasteiger partial charge in [-0.1, -0.05) is 0 Å². The quantitative estimate of drug-likeness (QED) is 0.371. The van der Waals surface area contributed by atoms with Gasteiger partial charge in [-0.05, 0) is 36.4 Å². The molecule has 3 heterocycles. The number of benzene rings is 1. The van der Waals surface area contributed by atoms with Gasteiger partial charge in [0.25, 0.3) is 5.91 Å². The molecular weight excluding hydrogens is 448 g/mol. The van der Waals surface area contributed by atoms with Crippen LogP contribution in [0.3, 0.4) is 0 Å². The highest BCUT2D eigenvalue weighted by Gasteiger charge is 2.17. The first-order valence-corrected chi connectivity index (χ1v) is 10.6. The van der Waals surface area contributed by atoms with Crippen molar-refractivity contribution in [2.24, 2.45) is 0 Å². The minimum absolute atomic E-state index is 0.00612. The number of methoxy groups -OCH3 is 2. The summed E-state index contributed by atoms with van der Waals surface area (Å²) in [7, 11) is 3.14. The molecule has 0 unspecified atom stereocenters. The molecule has 0 spiro atoms. The van der Waals surface area contributed by atoms with Crippen LogP contribution >= 0.6 is 11.3 Å². The summed E-state index contributed by atoms with van der Waals surface area (Å²) in [6.45, 7) is -0.101. The van der Waals surface area contributed by atoms with Gasteiger partial charge in [-0.3, -0.25) is 14.8 Å². The molecule has 0 aliphatic carbocycles. The van der Waals surface area contributed by atoms with Crippen molar-refractivity contribution in [2.45, 2.75) is 6.54 Å². The summed E-state index contributed by atoms with van der Waals surface area (Å²) in [5.41, 5.74) is 1.34. The molecule has 10 nitrogen and oxygen atoms in total. The van der Waals surface area contributed by atoms with Gasteiger partial charge in [0, 0.05) is 23.3 Å². The fraction of sp³-hybridized carbons (Fsp3) is 0.182. The minimum Gasteiger partial charge on any atom is -0.497 e. The molecular formula is C22H20N4O6S. The number of ether oxygens (including phenoxy) is 3. The van der Waals surface area contributed by atoms with Crippen molar-refractivity contribution in [3.8, 4) is 22.8 Å². The van der Waals surface area contributed by atoms with Gasteiger partial charge in [0.15, 0.2) is 11.7 Å². The lowest BCUT2D eigenvalue weighted by Gasteiger charge is -2.08. The van der Waals surface area contributed by atoms with E-state index in [2.05, 4.69) is 15.4 Å². The Balaban J connectivity index is 1.32. The van der Waals surface area contributed by atoms with E-state index in [4.69, 9.17) is 18.6 Å². The van der Waals surface area contributed by atoms with E-state index in [0.717, 1.165) is 5.56 Å². The maximum atomic E-state index is 12.2. The summed E-state index contributed by atoms with van der Waals surface area (Å²) in [6.07, 6.45) is 3.43. The molecule has 3 aromatic heterocycles. The molecule has 0 fully saturated rings. The standard InChI is InChI=1S/C22H20N4O6S/c1-29-14-4-6-18(30-2)16(10-14)17-13-33-22(24-17)25-20(27)12-31-21(28)19-7-5-15(32-19)11-26-9-3-8-23-26/h3-10,13H,11-12H2,1-2H3,(H,24,25,27). The maximum Gasteiger partial charge on any atom is 0.374 e. The van der Waals surface area contributed by atoms with Crippen LogP contribution in [0, 0.1) is 0 Å². The SMILES string of the molecule is COc1ccc(OC)c(-c2csc(NC(=O)COC(=O)c3ccc(Cn4cccn4)o3)n2)c1. The zero-order valence-electron chi connectivity index (χ0n) is 17.8. The second kappa shape index (κ2) is 10.0. The van der Waals surface area contributed by atoms with E-state index in [1.54, 1.807) is 67.0 Å². The van der Waals surface area contributed by atoms with Crippen LogP contribution in [0.15, 0.2) is 58.6 Å². The van der Waals surface area contributed by atoms with E-state index in [9.17, 15) is 9.59 Å². The first kappa shape index (κ1) is 22.1. The Labute approximate surface area is 192 Å². The largest absolute Gasteiger partial charge is 0.497 e. The van der Waals surface area contributed by atoms with Crippen molar-refractivity contribution in [2.75, 3.05) is 26.1 Å². The monoisotopic (exact) mass is 468 g/mol. The first-order chi connectivity index (χ1) is 16.1. The summed E-state index contributed by atoms with van der Waals surface area (Å²) < 4.78 is 22.8. The van der Waals surface area contributed by atoms with Crippen LogP contribution in [0.2, 0.25) is 0 Å². The number of hydrogen-bond donors (Lipinski definition) is 1. The van der Waals surface area contributed by atoms with Crippen LogP contribution in [0.25, 0.3) is 11.3 Å². The van der Waals surface area contributed by atoms with E-state index < -0.39 is 18.5 Å². The zero-order chi connectivity index (χ0) is 23.2. The van der Waals surface area contributed by atoms with Crippen molar-refractivity contribution < 1.29 is 28.2 Å². The van der Waals surface area contributed by atoms with E-state index >= 15 is 0 Å². The molecule has 1 amide bonds. The summed E-state index contributed by atoms with van der Waals surface area (Å²) in [5.74, 6) is 0.563. The highest BCUT2D eigenvalue weighted by Crippen LogP contribution is 2.35. The molecule has 4 aromatic rings. The van der Waals surface area contributed by atoms with Crippen molar-refractivity contribution in [3.05, 3.63) is 65.7 Å². The minimum atomic E-state index is -0.738. The highest BCUT2D eigenvalue weighted by molar-refractivity contribution is 7.14. The van der Waals surface area contributed by atoms with Crippen molar-refractivity contribution >= 4 is 28.3 Å². The van der Waals surface area contributed by atoms with Crippen molar-refractivity contribution in [3.63, 3.8) is 0 Å². The van der Waals surface area contributed by atoms with Gasteiger partial charge in [0.2, 0.25) is 5.76 Å². The Morgan fingerprint density at radius 3 is 2.82 bits per heavy atom. The smallest absolute Gasteiger partial charge is 0.374 e. The number of furan rings is 1. The topological polar surface area (TPSA) is 118 Å². The van der Waals surface area contributed by atoms with Gasteiger partial charge >= 0.3 is 5.97 Å². The normalized spacial score (nSPS) is 10.6. The maximum absolute atomic E-state index is 12.2. The molecule has 33 heavy (non-hydrogen) atoms. The lowest BCUT2D eigenvalue weighted by molar-refractivity contribution is -0.119. The third-order valence-electron chi connectivity index (χ3n) is 4.51. The molecule has 4 rings (SSSR count). The second-order valence-electron chi connectivity index (χ2n) is 6.70. The lowest BCUT2D eigenvalue weighted by Crippen LogP contribution is -2.20. The van der Waals surface area contributed by atoms with Gasteiger partial charge < -0.3 is 18.6 Å². The zero-order valence-corrected chi connectivity index (χ0v) is 18.6. The number of rotatable bonds is 9. The van der Waals surface area contributed by atoms with Crippen molar-refractivity contribution in [1.29, 1.82) is 0 Å². The molecule has 0 saturated carbocycles. The van der Waals surface area contributed by atoms with Crippen LogP contribution in [0.1, 0.15) is 16.3 Å². The number of hydrogen-bond acceptors (Lipinski definition) is 9. The first-order valence-electron chi connectivity index (χ1n) is 9.76. The van der Waals surface area contributed by atoms with Crippen LogP contribution < -0.4 is 14.8 Å². The second-order valence-corrected chi connectivity index (χ2v) is 7.56. The number of thiazole rings is 1. The molecule has 0 aliphatic heterocycles. The number of esters is 1. The molecule has 0 saturated heterocycles. The molecule has 1 N–H and O–H groups in total. The van der Waals surface area contributed by atoms with Crippen molar-refractivity contribution in [1.82, 2.24) is 14.8 Å². The number of nitrogens with zero attached hydrogens (tertiary/aromatic N) is 3. The molecule has 0 bridgehead atoms. The van der Waals surface area contributed by atoms with Gasteiger partial charge in [0.05, 0.1) is 26.5 Å². The number of carbonyl (C=O) groups is 2. The lowest BCUT2D eigenvalue weighted by atomic mass is 10.1. The van der Waals surface area contributed by atoms with Gasteiger partial charge in [-0.2, -0.15) is 5.10 Å². The Kier molecular flexibility index (Phi) is 6.69. The fourth-order valence-corrected chi connectivity index (χ4v) is 3.68. The summed E-state index contributed by atoms with van der Waals surface area (Å²) in [6, 6.07) is 10.3. The molecule has 0 atom stereocenters. The van der Waals surface area contributed by atoms with E-state index in [0.29, 0.717) is 34.6 Å². The number of aromatic nitrogens is 3. The highest BCUT2D eigenvalue weighted by atomic mass is 32.1. The molecule has 0 radical (unpaired) electrons. The average Bonchev–Trinajstić information content (AvgIpc) is 3.60. The van der Waals surface area contributed by atoms with Gasteiger partial charge in [0.1, 0.15) is 17.3 Å².